The molecule has 0 aliphatic carbocycles. The predicted octanol–water partition coefficient (Wildman–Crippen LogP) is 2.65. The second-order valence-electron chi connectivity index (χ2n) is 3.84. The molecule has 0 aromatic carbocycles. The monoisotopic (exact) mass is 211 g/mol. The van der Waals surface area contributed by atoms with Gasteiger partial charge in [-0.3, -0.25) is 0 Å². The van der Waals surface area contributed by atoms with E-state index in [1.807, 2.05) is 12.3 Å². The average molecular weight is 211 g/mol. The fourth-order valence-electron chi connectivity index (χ4n) is 1.83. The predicted molar refractivity (Wildman–Crippen MR) is 60.5 cm³/mol. The summed E-state index contributed by atoms with van der Waals surface area (Å²) in [6.07, 6.45) is 6.20. The van der Waals surface area contributed by atoms with Gasteiger partial charge in [0.1, 0.15) is 0 Å². The van der Waals surface area contributed by atoms with Crippen molar-refractivity contribution in [2.45, 2.75) is 37.6 Å². The molecule has 1 aromatic rings. The van der Waals surface area contributed by atoms with Crippen molar-refractivity contribution in [3.63, 3.8) is 0 Å². The summed E-state index contributed by atoms with van der Waals surface area (Å²) in [4.78, 5) is 0. The van der Waals surface area contributed by atoms with Gasteiger partial charge in [0, 0.05) is 23.4 Å². The number of rotatable bonds is 3. The van der Waals surface area contributed by atoms with Crippen LogP contribution in [0.25, 0.3) is 0 Å². The zero-order valence-corrected chi connectivity index (χ0v) is 9.35. The molecule has 3 heteroatoms. The Morgan fingerprint density at radius 1 is 1.64 bits per heavy atom. The number of furan rings is 1. The summed E-state index contributed by atoms with van der Waals surface area (Å²) in [5.41, 5.74) is 1.24. The van der Waals surface area contributed by atoms with Crippen molar-refractivity contribution in [3.05, 3.63) is 24.2 Å². The lowest BCUT2D eigenvalue weighted by atomic mass is 10.1. The molecule has 2 unspecified atom stereocenters. The minimum Gasteiger partial charge on any atom is -0.472 e. The van der Waals surface area contributed by atoms with Crippen molar-refractivity contribution < 1.29 is 4.42 Å². The van der Waals surface area contributed by atoms with Crippen molar-refractivity contribution in [1.29, 1.82) is 0 Å². The Morgan fingerprint density at radius 3 is 3.29 bits per heavy atom. The minimum atomic E-state index is 0.670. The van der Waals surface area contributed by atoms with Gasteiger partial charge in [-0.15, -0.1) is 0 Å². The van der Waals surface area contributed by atoms with Crippen LogP contribution >= 0.6 is 11.8 Å². The number of hydrogen-bond donors (Lipinski definition) is 1. The SMILES string of the molecule is CC1SCCCC1NCc1ccoc1. The molecule has 2 rings (SSSR count). The second kappa shape index (κ2) is 4.89. The fourth-order valence-corrected chi connectivity index (χ4v) is 3.00. The van der Waals surface area contributed by atoms with E-state index in [0.717, 1.165) is 11.8 Å². The van der Waals surface area contributed by atoms with E-state index in [1.54, 1.807) is 6.26 Å². The molecule has 78 valence electrons. The molecule has 0 radical (unpaired) electrons. The Hall–Kier alpha value is -0.410. The number of nitrogens with one attached hydrogen (secondary N) is 1. The van der Waals surface area contributed by atoms with Gasteiger partial charge < -0.3 is 9.73 Å². The maximum Gasteiger partial charge on any atom is 0.0947 e. The zero-order chi connectivity index (χ0) is 9.80. The molecular weight excluding hydrogens is 194 g/mol. The Balaban J connectivity index is 1.79. The number of thioether (sulfide) groups is 1. The highest BCUT2D eigenvalue weighted by molar-refractivity contribution is 7.99. The summed E-state index contributed by atoms with van der Waals surface area (Å²) in [7, 11) is 0. The first-order valence-electron chi connectivity index (χ1n) is 5.22. The van der Waals surface area contributed by atoms with Crippen LogP contribution in [-0.2, 0) is 6.54 Å². The summed E-state index contributed by atoms with van der Waals surface area (Å²) in [5, 5.41) is 4.34. The van der Waals surface area contributed by atoms with Crippen LogP contribution in [0, 0.1) is 0 Å². The van der Waals surface area contributed by atoms with Gasteiger partial charge in [0.15, 0.2) is 0 Å². The largest absolute Gasteiger partial charge is 0.472 e. The van der Waals surface area contributed by atoms with Gasteiger partial charge in [-0.05, 0) is 24.7 Å². The van der Waals surface area contributed by atoms with Gasteiger partial charge in [0.2, 0.25) is 0 Å². The third-order valence-electron chi connectivity index (χ3n) is 2.76. The van der Waals surface area contributed by atoms with Crippen molar-refractivity contribution in [1.82, 2.24) is 5.32 Å². The van der Waals surface area contributed by atoms with Gasteiger partial charge in [-0.25, -0.2) is 0 Å². The van der Waals surface area contributed by atoms with Crippen molar-refractivity contribution >= 4 is 11.8 Å². The van der Waals surface area contributed by atoms with E-state index in [4.69, 9.17) is 4.42 Å². The van der Waals surface area contributed by atoms with Crippen molar-refractivity contribution in [3.8, 4) is 0 Å². The molecule has 1 saturated heterocycles. The maximum atomic E-state index is 5.04. The first-order chi connectivity index (χ1) is 6.86. The lowest BCUT2D eigenvalue weighted by Crippen LogP contribution is -2.38. The van der Waals surface area contributed by atoms with Crippen LogP contribution in [0.4, 0.5) is 0 Å². The lowest BCUT2D eigenvalue weighted by molar-refractivity contribution is 0.460. The van der Waals surface area contributed by atoms with Crippen LogP contribution in [0.2, 0.25) is 0 Å². The molecule has 2 nitrogen and oxygen atoms in total. The molecule has 14 heavy (non-hydrogen) atoms. The summed E-state index contributed by atoms with van der Waals surface area (Å²) in [5.74, 6) is 1.32. The van der Waals surface area contributed by atoms with Crippen LogP contribution in [0.3, 0.4) is 0 Å². The second-order valence-corrected chi connectivity index (χ2v) is 5.32. The van der Waals surface area contributed by atoms with Gasteiger partial charge >= 0.3 is 0 Å². The van der Waals surface area contributed by atoms with E-state index in [9.17, 15) is 0 Å². The Morgan fingerprint density at radius 2 is 2.57 bits per heavy atom. The molecule has 1 aliphatic heterocycles. The van der Waals surface area contributed by atoms with Crippen LogP contribution in [0.1, 0.15) is 25.3 Å². The highest BCUT2D eigenvalue weighted by atomic mass is 32.2. The van der Waals surface area contributed by atoms with Gasteiger partial charge in [-0.2, -0.15) is 11.8 Å². The third kappa shape index (κ3) is 2.55. The average Bonchev–Trinajstić information content (AvgIpc) is 2.69. The van der Waals surface area contributed by atoms with Crippen molar-refractivity contribution in [2.75, 3.05) is 5.75 Å². The van der Waals surface area contributed by atoms with Gasteiger partial charge in [0.25, 0.3) is 0 Å². The molecule has 0 spiro atoms. The zero-order valence-electron chi connectivity index (χ0n) is 8.53. The summed E-state index contributed by atoms with van der Waals surface area (Å²) in [6.45, 7) is 3.25. The Labute approximate surface area is 89.4 Å². The quantitative estimate of drug-likeness (QED) is 0.832. The summed E-state index contributed by atoms with van der Waals surface area (Å²) in [6, 6.07) is 2.69. The smallest absolute Gasteiger partial charge is 0.0947 e. The molecule has 1 aliphatic rings. The van der Waals surface area contributed by atoms with E-state index in [-0.39, 0.29) is 0 Å². The Bertz CT molecular complexity index is 260. The molecule has 2 heterocycles. The molecule has 2 atom stereocenters. The van der Waals surface area contributed by atoms with E-state index in [2.05, 4.69) is 24.0 Å². The Kier molecular flexibility index (Phi) is 3.54. The lowest BCUT2D eigenvalue weighted by Gasteiger charge is -2.29. The van der Waals surface area contributed by atoms with E-state index >= 15 is 0 Å². The summed E-state index contributed by atoms with van der Waals surface area (Å²) >= 11 is 2.08. The number of hydrogen-bond acceptors (Lipinski definition) is 3. The molecule has 1 fully saturated rings. The molecule has 0 amide bonds. The molecule has 0 bridgehead atoms. The standard InChI is InChI=1S/C11H17NOS/c1-9-11(3-2-6-14-9)12-7-10-4-5-13-8-10/h4-5,8-9,11-12H,2-3,6-7H2,1H3. The molecule has 1 aromatic heterocycles. The first-order valence-corrected chi connectivity index (χ1v) is 6.27. The first kappa shape index (κ1) is 10.1. The highest BCUT2D eigenvalue weighted by Gasteiger charge is 2.20. The maximum absolute atomic E-state index is 5.04. The molecule has 0 saturated carbocycles. The van der Waals surface area contributed by atoms with Crippen molar-refractivity contribution in [2.24, 2.45) is 0 Å². The van der Waals surface area contributed by atoms with Gasteiger partial charge in [-0.1, -0.05) is 6.92 Å². The molecule has 1 N–H and O–H groups in total. The van der Waals surface area contributed by atoms with Crippen LogP contribution in [0.15, 0.2) is 23.0 Å². The van der Waals surface area contributed by atoms with E-state index < -0.39 is 0 Å². The normalized spacial score (nSPS) is 27.8. The van der Waals surface area contributed by atoms with Crippen LogP contribution in [0.5, 0.6) is 0 Å². The van der Waals surface area contributed by atoms with Gasteiger partial charge in [0.05, 0.1) is 12.5 Å². The summed E-state index contributed by atoms with van der Waals surface area (Å²) < 4.78 is 5.04. The highest BCUT2D eigenvalue weighted by Crippen LogP contribution is 2.25. The topological polar surface area (TPSA) is 25.2 Å². The van der Waals surface area contributed by atoms with E-state index in [1.165, 1.54) is 24.2 Å². The van der Waals surface area contributed by atoms with E-state index in [0.29, 0.717) is 6.04 Å². The third-order valence-corrected chi connectivity index (χ3v) is 4.13. The molecular formula is C11H17NOS. The minimum absolute atomic E-state index is 0.670. The van der Waals surface area contributed by atoms with Crippen LogP contribution < -0.4 is 5.32 Å². The van der Waals surface area contributed by atoms with Crippen LogP contribution in [-0.4, -0.2) is 17.0 Å². The fraction of sp³-hybridized carbons (Fsp3) is 0.636.